The van der Waals surface area contributed by atoms with Crippen LogP contribution in [0.3, 0.4) is 0 Å². The van der Waals surface area contributed by atoms with Crippen LogP contribution in [-0.4, -0.2) is 59.1 Å². The van der Waals surface area contributed by atoms with Crippen LogP contribution in [-0.2, 0) is 16.4 Å². The molecule has 1 atom stereocenters. The second-order valence-electron chi connectivity index (χ2n) is 8.51. The zero-order chi connectivity index (χ0) is 24.8. The number of ether oxygens (including phenoxy) is 2. The molecule has 184 valence electrons. The van der Waals surface area contributed by atoms with E-state index in [-0.39, 0.29) is 16.8 Å². The molecule has 0 radical (unpaired) electrons. The summed E-state index contributed by atoms with van der Waals surface area (Å²) >= 11 is 0. The highest BCUT2D eigenvalue weighted by Crippen LogP contribution is 2.32. The fraction of sp³-hybridized carbons (Fsp3) is 0.269. The van der Waals surface area contributed by atoms with Crippen LogP contribution in [0.5, 0.6) is 11.5 Å². The van der Waals surface area contributed by atoms with Gasteiger partial charge in [0.15, 0.2) is 11.5 Å². The third-order valence-electron chi connectivity index (χ3n) is 5.74. The molecule has 1 aliphatic heterocycles. The second-order valence-corrected chi connectivity index (χ2v) is 10.2. The Bertz CT molecular complexity index is 1280. The van der Waals surface area contributed by atoms with E-state index in [0.717, 1.165) is 6.42 Å². The van der Waals surface area contributed by atoms with Crippen molar-refractivity contribution in [2.75, 3.05) is 38.6 Å². The number of fused-ring (bicyclic) bond motifs is 1. The van der Waals surface area contributed by atoms with E-state index in [2.05, 4.69) is 27.1 Å². The molecule has 0 aromatic heterocycles. The average molecular weight is 496 g/mol. The Balaban J connectivity index is 1.42. The summed E-state index contributed by atoms with van der Waals surface area (Å²) in [6.45, 7) is 1.24. The van der Waals surface area contributed by atoms with Gasteiger partial charge in [-0.25, -0.2) is 8.42 Å². The number of carbonyl (C=O) groups is 1. The molecule has 9 heteroatoms. The molecule has 0 bridgehead atoms. The second kappa shape index (κ2) is 10.8. The molecule has 0 spiro atoms. The highest BCUT2D eigenvalue weighted by Gasteiger charge is 2.20. The number of hydrogen-bond donors (Lipinski definition) is 2. The first-order valence-corrected chi connectivity index (χ1v) is 12.8. The summed E-state index contributed by atoms with van der Waals surface area (Å²) in [4.78, 5) is 15.0. The van der Waals surface area contributed by atoms with E-state index in [1.54, 1.807) is 24.3 Å². The zero-order valence-corrected chi connectivity index (χ0v) is 20.5. The zero-order valence-electron chi connectivity index (χ0n) is 19.7. The first-order valence-electron chi connectivity index (χ1n) is 11.3. The molecule has 1 aliphatic rings. The van der Waals surface area contributed by atoms with Crippen LogP contribution in [0.25, 0.3) is 0 Å². The van der Waals surface area contributed by atoms with E-state index in [9.17, 15) is 13.2 Å². The van der Waals surface area contributed by atoms with Crippen molar-refractivity contribution < 1.29 is 22.7 Å². The Morgan fingerprint density at radius 2 is 1.69 bits per heavy atom. The van der Waals surface area contributed by atoms with Crippen molar-refractivity contribution in [1.29, 1.82) is 0 Å². The van der Waals surface area contributed by atoms with Gasteiger partial charge in [0, 0.05) is 29.9 Å². The lowest BCUT2D eigenvalue weighted by molar-refractivity contribution is 0.0941. The first kappa shape index (κ1) is 24.6. The SMILES string of the molecule is CN(C)C(CNC(=O)c1cccc(NS(=O)(=O)c2ccc3c(c2)OCCO3)c1)Cc1ccccc1. The highest BCUT2D eigenvalue weighted by atomic mass is 32.2. The number of sulfonamides is 1. The summed E-state index contributed by atoms with van der Waals surface area (Å²) in [7, 11) is 0.0737. The third kappa shape index (κ3) is 6.32. The minimum absolute atomic E-state index is 0.0475. The maximum absolute atomic E-state index is 12.9. The van der Waals surface area contributed by atoms with E-state index in [1.807, 2.05) is 32.3 Å². The highest BCUT2D eigenvalue weighted by molar-refractivity contribution is 7.92. The lowest BCUT2D eigenvalue weighted by Gasteiger charge is -2.25. The molecule has 8 nitrogen and oxygen atoms in total. The summed E-state index contributed by atoms with van der Waals surface area (Å²) in [6, 6.07) is 21.1. The largest absolute Gasteiger partial charge is 0.486 e. The number of nitrogens with zero attached hydrogens (tertiary/aromatic N) is 1. The number of rotatable bonds is 9. The van der Waals surface area contributed by atoms with Crippen LogP contribution in [0.1, 0.15) is 15.9 Å². The summed E-state index contributed by atoms with van der Waals surface area (Å²) < 4.78 is 39.3. The summed E-state index contributed by atoms with van der Waals surface area (Å²) in [6.07, 6.45) is 0.795. The van der Waals surface area contributed by atoms with Crippen molar-refractivity contribution in [2.24, 2.45) is 0 Å². The van der Waals surface area contributed by atoms with Gasteiger partial charge in [0.2, 0.25) is 0 Å². The number of nitrogens with one attached hydrogen (secondary N) is 2. The molecule has 1 amide bonds. The Morgan fingerprint density at radius 3 is 2.43 bits per heavy atom. The lowest BCUT2D eigenvalue weighted by atomic mass is 10.0. The number of amides is 1. The molecule has 2 N–H and O–H groups in total. The molecular weight excluding hydrogens is 466 g/mol. The molecule has 3 aromatic rings. The van der Waals surface area contributed by atoms with Gasteiger partial charge >= 0.3 is 0 Å². The first-order chi connectivity index (χ1) is 16.8. The number of anilines is 1. The molecule has 0 aliphatic carbocycles. The van der Waals surface area contributed by atoms with Gasteiger partial charge in [-0.2, -0.15) is 0 Å². The van der Waals surface area contributed by atoms with E-state index in [0.29, 0.717) is 42.5 Å². The van der Waals surface area contributed by atoms with E-state index in [1.165, 1.54) is 23.8 Å². The van der Waals surface area contributed by atoms with Crippen LogP contribution >= 0.6 is 0 Å². The Morgan fingerprint density at radius 1 is 0.943 bits per heavy atom. The van der Waals surface area contributed by atoms with Crippen molar-refractivity contribution in [3.63, 3.8) is 0 Å². The minimum atomic E-state index is -3.88. The van der Waals surface area contributed by atoms with E-state index < -0.39 is 10.0 Å². The fourth-order valence-electron chi connectivity index (χ4n) is 3.76. The van der Waals surface area contributed by atoms with Crippen molar-refractivity contribution in [1.82, 2.24) is 10.2 Å². The van der Waals surface area contributed by atoms with Crippen molar-refractivity contribution in [2.45, 2.75) is 17.4 Å². The predicted octanol–water partition coefficient (Wildman–Crippen LogP) is 3.16. The topological polar surface area (TPSA) is 97.0 Å². The van der Waals surface area contributed by atoms with Crippen molar-refractivity contribution in [3.8, 4) is 11.5 Å². The molecule has 1 unspecified atom stereocenters. The Labute approximate surface area is 205 Å². The van der Waals surface area contributed by atoms with Crippen molar-refractivity contribution >= 4 is 21.6 Å². The van der Waals surface area contributed by atoms with Gasteiger partial charge in [0.05, 0.1) is 4.90 Å². The maximum Gasteiger partial charge on any atom is 0.262 e. The Hall–Kier alpha value is -3.56. The average Bonchev–Trinajstić information content (AvgIpc) is 2.86. The number of benzene rings is 3. The minimum Gasteiger partial charge on any atom is -0.486 e. The standard InChI is InChI=1S/C26H29N3O5S/c1-29(2)22(15-19-7-4-3-5-8-19)18-27-26(30)20-9-6-10-21(16-20)28-35(31,32)23-11-12-24-25(17-23)34-14-13-33-24/h3-12,16-17,22,28H,13-15,18H2,1-2H3,(H,27,30). The van der Waals surface area contributed by atoms with E-state index in [4.69, 9.17) is 9.47 Å². The van der Waals surface area contributed by atoms with Crippen LogP contribution in [0.15, 0.2) is 77.7 Å². The maximum atomic E-state index is 12.9. The molecule has 1 heterocycles. The molecule has 0 saturated heterocycles. The van der Waals surface area contributed by atoms with Gasteiger partial charge in [-0.15, -0.1) is 0 Å². The van der Waals surface area contributed by atoms with Gasteiger partial charge in [-0.1, -0.05) is 36.4 Å². The lowest BCUT2D eigenvalue weighted by Crippen LogP contribution is -2.41. The Kier molecular flexibility index (Phi) is 7.57. The monoisotopic (exact) mass is 495 g/mol. The predicted molar refractivity (Wildman–Crippen MR) is 135 cm³/mol. The van der Waals surface area contributed by atoms with Crippen LogP contribution in [0.2, 0.25) is 0 Å². The van der Waals surface area contributed by atoms with E-state index >= 15 is 0 Å². The fourth-order valence-corrected chi connectivity index (χ4v) is 4.83. The summed E-state index contributed by atoms with van der Waals surface area (Å²) in [5.41, 5.74) is 1.85. The number of likely N-dealkylation sites (N-methyl/N-ethyl adjacent to an activating group) is 1. The quantitative estimate of drug-likeness (QED) is 0.473. The normalized spacial score (nSPS) is 13.8. The molecular formula is C26H29N3O5S. The van der Waals surface area contributed by atoms with Crippen LogP contribution in [0.4, 0.5) is 5.69 Å². The van der Waals surface area contributed by atoms with Crippen LogP contribution < -0.4 is 19.5 Å². The molecule has 35 heavy (non-hydrogen) atoms. The molecule has 0 fully saturated rings. The van der Waals surface area contributed by atoms with Gasteiger partial charge < -0.3 is 19.7 Å². The molecule has 4 rings (SSSR count). The molecule has 3 aromatic carbocycles. The van der Waals surface area contributed by atoms with Gasteiger partial charge in [-0.3, -0.25) is 9.52 Å². The third-order valence-corrected chi connectivity index (χ3v) is 7.12. The number of hydrogen-bond acceptors (Lipinski definition) is 6. The van der Waals surface area contributed by atoms with Crippen molar-refractivity contribution in [3.05, 3.63) is 83.9 Å². The number of carbonyl (C=O) groups excluding carboxylic acids is 1. The van der Waals surface area contributed by atoms with Gasteiger partial charge in [0.1, 0.15) is 13.2 Å². The molecule has 0 saturated carbocycles. The summed E-state index contributed by atoms with van der Waals surface area (Å²) in [5.74, 6) is 0.626. The summed E-state index contributed by atoms with van der Waals surface area (Å²) in [5, 5.41) is 2.97. The smallest absolute Gasteiger partial charge is 0.262 e. The van der Waals surface area contributed by atoms with Crippen LogP contribution in [0, 0.1) is 0 Å². The van der Waals surface area contributed by atoms with Gasteiger partial charge in [0.25, 0.3) is 15.9 Å². The van der Waals surface area contributed by atoms with Gasteiger partial charge in [-0.05, 0) is 56.4 Å².